The molecule has 0 saturated heterocycles. The van der Waals surface area contributed by atoms with Crippen molar-refractivity contribution in [3.63, 3.8) is 0 Å². The van der Waals surface area contributed by atoms with Gasteiger partial charge < -0.3 is 14.4 Å². The zero-order valence-corrected chi connectivity index (χ0v) is 14.0. The third kappa shape index (κ3) is 2.90. The van der Waals surface area contributed by atoms with E-state index in [4.69, 9.17) is 9.84 Å². The van der Waals surface area contributed by atoms with E-state index >= 15 is 0 Å². The van der Waals surface area contributed by atoms with E-state index in [9.17, 15) is 4.79 Å². The van der Waals surface area contributed by atoms with Gasteiger partial charge in [0.2, 0.25) is 0 Å². The summed E-state index contributed by atoms with van der Waals surface area (Å²) in [6.45, 7) is 0.620. The van der Waals surface area contributed by atoms with Crippen molar-refractivity contribution in [1.82, 2.24) is 14.5 Å². The number of rotatable bonds is 4. The monoisotopic (exact) mass is 348 g/mol. The first-order chi connectivity index (χ1) is 12.6. The highest BCUT2D eigenvalue weighted by Crippen LogP contribution is 2.26. The van der Waals surface area contributed by atoms with E-state index in [1.165, 1.54) is 0 Å². The van der Waals surface area contributed by atoms with Crippen LogP contribution in [0.1, 0.15) is 5.56 Å². The predicted octanol–water partition coefficient (Wildman–Crippen LogP) is 3.73. The Balaban J connectivity index is 1.72. The number of hydrogen-bond acceptors (Lipinski definition) is 4. The van der Waals surface area contributed by atoms with Gasteiger partial charge in [0, 0.05) is 23.7 Å². The molecule has 0 aliphatic heterocycles. The predicted molar refractivity (Wildman–Crippen MR) is 98.8 cm³/mol. The van der Waals surface area contributed by atoms with Crippen LogP contribution in [0.2, 0.25) is 0 Å². The SMILES string of the molecule is COc1ccc2c(c1)ncc1ncn(Cc3ccc(NC(=O)O)cc3)c12. The lowest BCUT2D eigenvalue weighted by Crippen LogP contribution is -2.07. The molecular formula is C19H16N4O3. The Hall–Kier alpha value is -3.61. The van der Waals surface area contributed by atoms with Crippen molar-refractivity contribution in [2.24, 2.45) is 0 Å². The van der Waals surface area contributed by atoms with Gasteiger partial charge in [-0.15, -0.1) is 0 Å². The van der Waals surface area contributed by atoms with Crippen LogP contribution >= 0.6 is 0 Å². The molecule has 0 fully saturated rings. The fourth-order valence-electron chi connectivity index (χ4n) is 2.99. The molecule has 4 rings (SSSR count). The Morgan fingerprint density at radius 2 is 1.96 bits per heavy atom. The summed E-state index contributed by atoms with van der Waals surface area (Å²) in [6.07, 6.45) is 2.47. The average Bonchev–Trinajstić information content (AvgIpc) is 3.05. The second kappa shape index (κ2) is 6.36. The maximum Gasteiger partial charge on any atom is 0.409 e. The lowest BCUT2D eigenvalue weighted by Gasteiger charge is -2.08. The molecule has 130 valence electrons. The van der Waals surface area contributed by atoms with Crippen molar-refractivity contribution in [3.8, 4) is 5.75 Å². The number of hydrogen-bond donors (Lipinski definition) is 2. The summed E-state index contributed by atoms with van der Waals surface area (Å²) in [4.78, 5) is 19.6. The highest BCUT2D eigenvalue weighted by molar-refractivity contribution is 6.02. The van der Waals surface area contributed by atoms with Crippen molar-refractivity contribution >= 4 is 33.7 Å². The minimum Gasteiger partial charge on any atom is -0.497 e. The van der Waals surface area contributed by atoms with Gasteiger partial charge in [0.15, 0.2) is 0 Å². The first-order valence-electron chi connectivity index (χ1n) is 8.00. The van der Waals surface area contributed by atoms with Crippen molar-refractivity contribution in [2.45, 2.75) is 6.54 Å². The van der Waals surface area contributed by atoms with Crippen LogP contribution < -0.4 is 10.1 Å². The largest absolute Gasteiger partial charge is 0.497 e. The molecule has 0 radical (unpaired) electrons. The van der Waals surface area contributed by atoms with E-state index in [1.54, 1.807) is 31.8 Å². The molecule has 2 aromatic heterocycles. The van der Waals surface area contributed by atoms with E-state index in [0.717, 1.165) is 33.2 Å². The normalized spacial score (nSPS) is 11.0. The van der Waals surface area contributed by atoms with Crippen LogP contribution in [-0.4, -0.2) is 32.8 Å². The quantitative estimate of drug-likeness (QED) is 0.586. The lowest BCUT2D eigenvalue weighted by molar-refractivity contribution is 0.210. The molecule has 2 N–H and O–H groups in total. The zero-order valence-electron chi connectivity index (χ0n) is 14.0. The van der Waals surface area contributed by atoms with E-state index in [2.05, 4.69) is 19.9 Å². The minimum atomic E-state index is -1.08. The Morgan fingerprint density at radius 3 is 2.69 bits per heavy atom. The number of carbonyl (C=O) groups is 1. The van der Waals surface area contributed by atoms with Gasteiger partial charge in [0.1, 0.15) is 11.3 Å². The smallest absolute Gasteiger partial charge is 0.409 e. The molecule has 0 aliphatic carbocycles. The first-order valence-corrected chi connectivity index (χ1v) is 8.00. The van der Waals surface area contributed by atoms with Crippen molar-refractivity contribution in [3.05, 3.63) is 60.6 Å². The van der Waals surface area contributed by atoms with Crippen molar-refractivity contribution in [1.29, 1.82) is 0 Å². The highest BCUT2D eigenvalue weighted by atomic mass is 16.5. The Labute approximate surface area is 148 Å². The summed E-state index contributed by atoms with van der Waals surface area (Å²) in [7, 11) is 1.63. The maximum atomic E-state index is 10.7. The molecule has 7 nitrogen and oxygen atoms in total. The Kier molecular flexibility index (Phi) is 3.89. The van der Waals surface area contributed by atoms with Gasteiger partial charge in [-0.1, -0.05) is 12.1 Å². The molecule has 0 saturated carbocycles. The summed E-state index contributed by atoms with van der Waals surface area (Å²) in [5.74, 6) is 0.761. The number of imidazole rings is 1. The third-order valence-corrected chi connectivity index (χ3v) is 4.21. The van der Waals surface area contributed by atoms with E-state index in [1.807, 2.05) is 30.3 Å². The molecule has 0 spiro atoms. The molecule has 0 bridgehead atoms. The number of pyridine rings is 1. The molecule has 7 heteroatoms. The molecule has 4 aromatic rings. The summed E-state index contributed by atoms with van der Waals surface area (Å²) < 4.78 is 7.33. The van der Waals surface area contributed by atoms with Crippen molar-refractivity contribution in [2.75, 3.05) is 12.4 Å². The second-order valence-electron chi connectivity index (χ2n) is 5.87. The van der Waals surface area contributed by atoms with Gasteiger partial charge >= 0.3 is 6.09 Å². The number of nitrogens with one attached hydrogen (secondary N) is 1. The second-order valence-corrected chi connectivity index (χ2v) is 5.87. The Bertz CT molecular complexity index is 1100. The minimum absolute atomic E-state index is 0.540. The van der Waals surface area contributed by atoms with Gasteiger partial charge in [0.25, 0.3) is 0 Å². The van der Waals surface area contributed by atoms with Gasteiger partial charge in [0.05, 0.1) is 30.7 Å². The van der Waals surface area contributed by atoms with Crippen LogP contribution in [0.5, 0.6) is 5.75 Å². The maximum absolute atomic E-state index is 10.7. The van der Waals surface area contributed by atoms with Crippen molar-refractivity contribution < 1.29 is 14.6 Å². The topological polar surface area (TPSA) is 89.3 Å². The van der Waals surface area contributed by atoms with Gasteiger partial charge in [-0.2, -0.15) is 0 Å². The summed E-state index contributed by atoms with van der Waals surface area (Å²) >= 11 is 0. The number of anilines is 1. The number of benzene rings is 2. The van der Waals surface area contributed by atoms with Gasteiger partial charge in [-0.3, -0.25) is 10.3 Å². The van der Waals surface area contributed by atoms with Crippen LogP contribution in [0.25, 0.3) is 21.9 Å². The summed E-state index contributed by atoms with van der Waals surface area (Å²) in [5.41, 5.74) is 4.26. The van der Waals surface area contributed by atoms with Crippen LogP contribution in [0, 0.1) is 0 Å². The molecule has 0 atom stereocenters. The van der Waals surface area contributed by atoms with Crippen LogP contribution in [0.15, 0.2) is 55.0 Å². The summed E-state index contributed by atoms with van der Waals surface area (Å²) in [5, 5.41) is 12.1. The highest BCUT2D eigenvalue weighted by Gasteiger charge is 2.10. The number of aromatic nitrogens is 3. The van der Waals surface area contributed by atoms with Crippen LogP contribution in [0.4, 0.5) is 10.5 Å². The molecule has 0 unspecified atom stereocenters. The number of carboxylic acid groups (broad SMARTS) is 1. The first kappa shape index (κ1) is 15.9. The van der Waals surface area contributed by atoms with Gasteiger partial charge in [-0.05, 0) is 29.8 Å². The molecule has 1 amide bonds. The van der Waals surface area contributed by atoms with Crippen LogP contribution in [0.3, 0.4) is 0 Å². The molecule has 0 aliphatic rings. The van der Waals surface area contributed by atoms with E-state index < -0.39 is 6.09 Å². The number of methoxy groups -OCH3 is 1. The standard InChI is InChI=1S/C19H16N4O3/c1-26-14-6-7-15-16(8-14)20-9-17-18(15)23(11-21-17)10-12-2-4-13(5-3-12)22-19(24)25/h2-9,11,22H,10H2,1H3,(H,24,25). The number of nitrogens with zero attached hydrogens (tertiary/aromatic N) is 3. The van der Waals surface area contributed by atoms with Crippen LogP contribution in [-0.2, 0) is 6.54 Å². The zero-order chi connectivity index (χ0) is 18.1. The molecule has 2 heterocycles. The van der Waals surface area contributed by atoms with Gasteiger partial charge in [-0.25, -0.2) is 9.78 Å². The average molecular weight is 348 g/mol. The molecular weight excluding hydrogens is 332 g/mol. The number of amides is 1. The molecule has 26 heavy (non-hydrogen) atoms. The number of fused-ring (bicyclic) bond motifs is 3. The van der Waals surface area contributed by atoms with E-state index in [-0.39, 0.29) is 0 Å². The lowest BCUT2D eigenvalue weighted by atomic mass is 10.1. The summed E-state index contributed by atoms with van der Waals surface area (Å²) in [6, 6.07) is 13.1. The molecule has 2 aromatic carbocycles. The fourth-order valence-corrected chi connectivity index (χ4v) is 2.99. The Morgan fingerprint density at radius 1 is 1.15 bits per heavy atom. The van der Waals surface area contributed by atoms with E-state index in [0.29, 0.717) is 12.2 Å². The third-order valence-electron chi connectivity index (χ3n) is 4.21. The number of ether oxygens (including phenoxy) is 1. The fraction of sp³-hybridized carbons (Fsp3) is 0.105.